The number of amides is 2. The van der Waals surface area contributed by atoms with Gasteiger partial charge >= 0.3 is 5.97 Å². The van der Waals surface area contributed by atoms with Crippen LogP contribution in [-0.2, 0) is 9.59 Å². The molecule has 0 aliphatic rings. The van der Waals surface area contributed by atoms with Crippen molar-refractivity contribution < 1.29 is 19.5 Å². The number of aliphatic carboxylic acids is 1. The van der Waals surface area contributed by atoms with Gasteiger partial charge in [-0.1, -0.05) is 31.5 Å². The number of carboxylic acid groups (broad SMARTS) is 1. The summed E-state index contributed by atoms with van der Waals surface area (Å²) >= 11 is 0. The lowest BCUT2D eigenvalue weighted by Gasteiger charge is -2.18. The number of hydrogen-bond acceptors (Lipinski definition) is 3. The van der Waals surface area contributed by atoms with E-state index in [-0.39, 0.29) is 18.4 Å². The van der Waals surface area contributed by atoms with Crippen molar-refractivity contribution in [3.8, 4) is 0 Å². The zero-order valence-corrected chi connectivity index (χ0v) is 12.3. The molecule has 6 nitrogen and oxygen atoms in total. The monoisotopic (exact) mass is 292 g/mol. The fraction of sp³-hybridized carbons (Fsp3) is 0.400. The smallest absolute Gasteiger partial charge is 0.326 e. The van der Waals surface area contributed by atoms with Crippen LogP contribution in [0.1, 0.15) is 29.8 Å². The Morgan fingerprint density at radius 3 is 2.43 bits per heavy atom. The summed E-state index contributed by atoms with van der Waals surface area (Å²) in [4.78, 5) is 34.5. The number of aryl methyl sites for hydroxylation is 1. The highest BCUT2D eigenvalue weighted by Gasteiger charge is 2.23. The summed E-state index contributed by atoms with van der Waals surface area (Å²) < 4.78 is 0. The summed E-state index contributed by atoms with van der Waals surface area (Å²) in [6, 6.07) is 6.01. The molecule has 0 saturated carbocycles. The highest BCUT2D eigenvalue weighted by atomic mass is 16.4. The Kier molecular flexibility index (Phi) is 5.90. The predicted octanol–water partition coefficient (Wildman–Crippen LogP) is 0.950. The van der Waals surface area contributed by atoms with Gasteiger partial charge in [0.1, 0.15) is 6.04 Å². The van der Waals surface area contributed by atoms with Gasteiger partial charge in [-0.3, -0.25) is 9.59 Å². The van der Waals surface area contributed by atoms with E-state index in [2.05, 4.69) is 10.6 Å². The molecule has 0 saturated heterocycles. The van der Waals surface area contributed by atoms with E-state index in [1.54, 1.807) is 32.0 Å². The number of carbonyl (C=O) groups excluding carboxylic acids is 2. The molecule has 114 valence electrons. The Hall–Kier alpha value is -2.37. The van der Waals surface area contributed by atoms with Gasteiger partial charge in [0.05, 0.1) is 6.54 Å². The normalized spacial score (nSPS) is 11.8. The summed E-state index contributed by atoms with van der Waals surface area (Å²) in [5.74, 6) is -2.23. The highest BCUT2D eigenvalue weighted by Crippen LogP contribution is 2.04. The molecule has 1 rings (SSSR count). The molecule has 0 aliphatic heterocycles. The molecule has 0 heterocycles. The molecule has 0 fully saturated rings. The molecule has 0 radical (unpaired) electrons. The molecule has 0 aliphatic carbocycles. The molecule has 21 heavy (non-hydrogen) atoms. The number of benzene rings is 1. The summed E-state index contributed by atoms with van der Waals surface area (Å²) in [5, 5.41) is 13.8. The quantitative estimate of drug-likeness (QED) is 0.727. The van der Waals surface area contributed by atoms with Crippen molar-refractivity contribution >= 4 is 17.8 Å². The summed E-state index contributed by atoms with van der Waals surface area (Å²) in [7, 11) is 0. The van der Waals surface area contributed by atoms with Gasteiger partial charge in [-0.05, 0) is 25.0 Å². The van der Waals surface area contributed by atoms with E-state index < -0.39 is 17.9 Å². The van der Waals surface area contributed by atoms with Crippen molar-refractivity contribution in [1.82, 2.24) is 10.6 Å². The first-order valence-electron chi connectivity index (χ1n) is 6.68. The van der Waals surface area contributed by atoms with Crippen LogP contribution in [0.4, 0.5) is 0 Å². The lowest BCUT2D eigenvalue weighted by Crippen LogP contribution is -2.48. The van der Waals surface area contributed by atoms with Crippen molar-refractivity contribution in [2.24, 2.45) is 5.92 Å². The first-order chi connectivity index (χ1) is 9.81. The van der Waals surface area contributed by atoms with Crippen molar-refractivity contribution in [1.29, 1.82) is 0 Å². The Labute approximate surface area is 123 Å². The fourth-order valence-corrected chi connectivity index (χ4v) is 1.79. The number of hydrogen-bond donors (Lipinski definition) is 3. The van der Waals surface area contributed by atoms with Crippen molar-refractivity contribution in [3.05, 3.63) is 35.4 Å². The van der Waals surface area contributed by atoms with Crippen LogP contribution in [0.5, 0.6) is 0 Å². The van der Waals surface area contributed by atoms with Gasteiger partial charge in [0.25, 0.3) is 5.91 Å². The average molecular weight is 292 g/mol. The Balaban J connectivity index is 2.53. The van der Waals surface area contributed by atoms with Crippen LogP contribution < -0.4 is 10.6 Å². The van der Waals surface area contributed by atoms with Gasteiger partial charge in [-0.25, -0.2) is 4.79 Å². The topological polar surface area (TPSA) is 95.5 Å². The minimum Gasteiger partial charge on any atom is -0.480 e. The van der Waals surface area contributed by atoms with Crippen LogP contribution >= 0.6 is 0 Å². The maximum absolute atomic E-state index is 11.8. The summed E-state index contributed by atoms with van der Waals surface area (Å²) in [5.41, 5.74) is 1.40. The van der Waals surface area contributed by atoms with Gasteiger partial charge in [-0.15, -0.1) is 0 Å². The third-order valence-corrected chi connectivity index (χ3v) is 2.94. The average Bonchev–Trinajstić information content (AvgIpc) is 2.41. The van der Waals surface area contributed by atoms with E-state index in [1.165, 1.54) is 0 Å². The van der Waals surface area contributed by atoms with E-state index in [0.717, 1.165) is 5.56 Å². The Morgan fingerprint density at radius 1 is 1.24 bits per heavy atom. The fourth-order valence-electron chi connectivity index (χ4n) is 1.79. The zero-order valence-electron chi connectivity index (χ0n) is 12.3. The van der Waals surface area contributed by atoms with Crippen LogP contribution in [0.2, 0.25) is 0 Å². The second-order valence-corrected chi connectivity index (χ2v) is 5.18. The van der Waals surface area contributed by atoms with Crippen LogP contribution in [0.25, 0.3) is 0 Å². The van der Waals surface area contributed by atoms with Crippen LogP contribution in [0, 0.1) is 12.8 Å². The molecule has 0 aromatic heterocycles. The first kappa shape index (κ1) is 16.7. The van der Waals surface area contributed by atoms with Gasteiger partial charge in [0.15, 0.2) is 0 Å². The van der Waals surface area contributed by atoms with Crippen molar-refractivity contribution in [3.63, 3.8) is 0 Å². The van der Waals surface area contributed by atoms with E-state index in [1.807, 2.05) is 13.0 Å². The maximum Gasteiger partial charge on any atom is 0.326 e. The molecule has 1 atom stereocenters. The standard InChI is InChI=1S/C15H20N2O4/c1-9(2)13(15(20)21)17-12(18)8-16-14(19)11-6-4-5-10(3)7-11/h4-7,9,13H,8H2,1-3H3,(H,16,19)(H,17,18)(H,20,21)/t13-/m1/s1. The van der Waals surface area contributed by atoms with E-state index in [4.69, 9.17) is 5.11 Å². The molecule has 1 aromatic rings. The Morgan fingerprint density at radius 2 is 1.90 bits per heavy atom. The van der Waals surface area contributed by atoms with Gasteiger partial charge in [0, 0.05) is 5.56 Å². The maximum atomic E-state index is 11.8. The van der Waals surface area contributed by atoms with Crippen LogP contribution in [-0.4, -0.2) is 35.5 Å². The molecule has 6 heteroatoms. The van der Waals surface area contributed by atoms with Crippen molar-refractivity contribution in [2.75, 3.05) is 6.54 Å². The van der Waals surface area contributed by atoms with Crippen LogP contribution in [0.3, 0.4) is 0 Å². The number of carbonyl (C=O) groups is 3. The lowest BCUT2D eigenvalue weighted by atomic mass is 10.0. The summed E-state index contributed by atoms with van der Waals surface area (Å²) in [6.07, 6.45) is 0. The summed E-state index contributed by atoms with van der Waals surface area (Å²) in [6.45, 7) is 5.00. The van der Waals surface area contributed by atoms with Gasteiger partial charge in [0.2, 0.25) is 5.91 Å². The van der Waals surface area contributed by atoms with Crippen molar-refractivity contribution in [2.45, 2.75) is 26.8 Å². The molecule has 0 spiro atoms. The number of carboxylic acids is 1. The largest absolute Gasteiger partial charge is 0.480 e. The highest BCUT2D eigenvalue weighted by molar-refractivity contribution is 5.97. The third kappa shape index (κ3) is 5.25. The van der Waals surface area contributed by atoms with E-state index in [9.17, 15) is 14.4 Å². The SMILES string of the molecule is Cc1cccc(C(=O)NCC(=O)N[C@@H](C(=O)O)C(C)C)c1. The number of nitrogens with one attached hydrogen (secondary N) is 2. The molecule has 0 unspecified atom stereocenters. The number of rotatable bonds is 6. The minimum atomic E-state index is -1.09. The van der Waals surface area contributed by atoms with E-state index >= 15 is 0 Å². The third-order valence-electron chi connectivity index (χ3n) is 2.94. The van der Waals surface area contributed by atoms with E-state index in [0.29, 0.717) is 5.56 Å². The minimum absolute atomic E-state index is 0.237. The zero-order chi connectivity index (χ0) is 16.0. The molecular formula is C15H20N2O4. The van der Waals surface area contributed by atoms with Gasteiger partial charge < -0.3 is 15.7 Å². The second kappa shape index (κ2) is 7.42. The molecular weight excluding hydrogens is 272 g/mol. The molecule has 1 aromatic carbocycles. The Bertz CT molecular complexity index is 540. The van der Waals surface area contributed by atoms with Crippen LogP contribution in [0.15, 0.2) is 24.3 Å². The molecule has 3 N–H and O–H groups in total. The molecule has 2 amide bonds. The second-order valence-electron chi connectivity index (χ2n) is 5.18. The lowest BCUT2D eigenvalue weighted by molar-refractivity contribution is -0.142. The first-order valence-corrected chi connectivity index (χ1v) is 6.68. The molecule has 0 bridgehead atoms. The predicted molar refractivity (Wildman–Crippen MR) is 77.9 cm³/mol. The van der Waals surface area contributed by atoms with Gasteiger partial charge in [-0.2, -0.15) is 0 Å².